The Morgan fingerprint density at radius 1 is 1.35 bits per heavy atom. The first-order chi connectivity index (χ1) is 9.40. The molecular formula is C14H13F2NO2S. The van der Waals surface area contributed by atoms with Gasteiger partial charge < -0.3 is 10.4 Å². The van der Waals surface area contributed by atoms with Crippen LogP contribution in [0.25, 0.3) is 0 Å². The first-order valence-corrected chi connectivity index (χ1v) is 6.83. The van der Waals surface area contributed by atoms with E-state index in [1.807, 2.05) is 5.38 Å². The van der Waals surface area contributed by atoms with Gasteiger partial charge in [0.15, 0.2) is 11.6 Å². The molecule has 1 atom stereocenters. The number of amides is 1. The molecule has 0 aliphatic carbocycles. The van der Waals surface area contributed by atoms with Gasteiger partial charge in [-0.15, -0.1) is 0 Å². The van der Waals surface area contributed by atoms with Crippen LogP contribution in [-0.4, -0.2) is 17.6 Å². The molecular weight excluding hydrogens is 284 g/mol. The molecule has 1 aromatic heterocycles. The Kier molecular flexibility index (Phi) is 4.15. The fraction of sp³-hybridized carbons (Fsp3) is 0.214. The third-order valence-corrected chi connectivity index (χ3v) is 3.60. The number of hydrogen-bond acceptors (Lipinski definition) is 3. The molecule has 1 aromatic carbocycles. The second-order valence-electron chi connectivity index (χ2n) is 4.60. The number of rotatable bonds is 4. The summed E-state index contributed by atoms with van der Waals surface area (Å²) in [5.41, 5.74) is -0.521. The quantitative estimate of drug-likeness (QED) is 0.911. The van der Waals surface area contributed by atoms with Crippen LogP contribution >= 0.6 is 11.3 Å². The lowest BCUT2D eigenvalue weighted by Crippen LogP contribution is -2.38. The zero-order valence-corrected chi connectivity index (χ0v) is 11.5. The van der Waals surface area contributed by atoms with E-state index in [0.29, 0.717) is 5.56 Å². The average Bonchev–Trinajstić information content (AvgIpc) is 2.94. The van der Waals surface area contributed by atoms with Gasteiger partial charge in [0.1, 0.15) is 5.60 Å². The fourth-order valence-corrected chi connectivity index (χ4v) is 2.45. The van der Waals surface area contributed by atoms with Crippen molar-refractivity contribution in [1.29, 1.82) is 0 Å². The normalized spacial score (nSPS) is 13.8. The summed E-state index contributed by atoms with van der Waals surface area (Å²) in [5, 5.41) is 16.3. The Balaban J connectivity index is 2.03. The zero-order chi connectivity index (χ0) is 14.8. The van der Waals surface area contributed by atoms with Gasteiger partial charge in [0.2, 0.25) is 0 Å². The van der Waals surface area contributed by atoms with Crippen LogP contribution in [0.4, 0.5) is 8.78 Å². The Bertz CT molecular complexity index is 612. The van der Waals surface area contributed by atoms with Gasteiger partial charge >= 0.3 is 0 Å². The van der Waals surface area contributed by atoms with Crippen LogP contribution in [0.2, 0.25) is 0 Å². The average molecular weight is 297 g/mol. The lowest BCUT2D eigenvalue weighted by Gasteiger charge is -2.22. The van der Waals surface area contributed by atoms with Gasteiger partial charge in [-0.2, -0.15) is 11.3 Å². The summed E-state index contributed by atoms with van der Waals surface area (Å²) >= 11 is 1.44. The van der Waals surface area contributed by atoms with Crippen LogP contribution < -0.4 is 5.32 Å². The highest BCUT2D eigenvalue weighted by Crippen LogP contribution is 2.22. The van der Waals surface area contributed by atoms with E-state index < -0.39 is 23.1 Å². The van der Waals surface area contributed by atoms with E-state index in [2.05, 4.69) is 5.32 Å². The topological polar surface area (TPSA) is 49.3 Å². The summed E-state index contributed by atoms with van der Waals surface area (Å²) in [5.74, 6) is -2.66. The van der Waals surface area contributed by atoms with E-state index in [1.54, 1.807) is 18.4 Å². The van der Waals surface area contributed by atoms with E-state index in [4.69, 9.17) is 0 Å². The first-order valence-electron chi connectivity index (χ1n) is 5.88. The number of carbonyl (C=O) groups excluding carboxylic acids is 1. The van der Waals surface area contributed by atoms with Crippen molar-refractivity contribution in [2.24, 2.45) is 0 Å². The zero-order valence-electron chi connectivity index (χ0n) is 10.7. The SMILES string of the molecule is C[C@](O)(CNC(=O)c1ccc(F)c(F)c1)c1ccsc1. The molecule has 106 valence electrons. The number of thiophene rings is 1. The van der Waals surface area contributed by atoms with Crippen LogP contribution in [0.1, 0.15) is 22.8 Å². The standard InChI is InChI=1S/C14H13F2NO2S/c1-14(19,10-4-5-20-7-10)8-17-13(18)9-2-3-11(15)12(16)6-9/h2-7,19H,8H2,1H3,(H,17,18)/t14-/m0/s1. The summed E-state index contributed by atoms with van der Waals surface area (Å²) in [4.78, 5) is 11.8. The second-order valence-corrected chi connectivity index (χ2v) is 5.38. The number of carbonyl (C=O) groups is 1. The van der Waals surface area contributed by atoms with Crippen molar-refractivity contribution in [3.8, 4) is 0 Å². The van der Waals surface area contributed by atoms with Crippen molar-refractivity contribution < 1.29 is 18.7 Å². The third kappa shape index (κ3) is 3.20. The van der Waals surface area contributed by atoms with Gasteiger partial charge in [0.05, 0.1) is 6.54 Å². The Morgan fingerprint density at radius 2 is 2.10 bits per heavy atom. The highest BCUT2D eigenvalue weighted by molar-refractivity contribution is 7.08. The van der Waals surface area contributed by atoms with E-state index in [0.717, 1.165) is 12.1 Å². The van der Waals surface area contributed by atoms with Gasteiger partial charge in [-0.1, -0.05) is 0 Å². The van der Waals surface area contributed by atoms with Crippen molar-refractivity contribution in [2.75, 3.05) is 6.54 Å². The molecule has 0 radical (unpaired) electrons. The fourth-order valence-electron chi connectivity index (χ4n) is 1.66. The third-order valence-electron chi connectivity index (χ3n) is 2.92. The Morgan fingerprint density at radius 3 is 2.70 bits per heavy atom. The molecule has 2 N–H and O–H groups in total. The summed E-state index contributed by atoms with van der Waals surface area (Å²) < 4.78 is 25.8. The van der Waals surface area contributed by atoms with Gasteiger partial charge in [-0.3, -0.25) is 4.79 Å². The van der Waals surface area contributed by atoms with Gasteiger partial charge in [0.25, 0.3) is 5.91 Å². The molecule has 2 rings (SSSR count). The molecule has 0 unspecified atom stereocenters. The molecule has 2 aromatic rings. The molecule has 6 heteroatoms. The molecule has 3 nitrogen and oxygen atoms in total. The van der Waals surface area contributed by atoms with Crippen molar-refractivity contribution in [3.05, 3.63) is 57.8 Å². The maximum Gasteiger partial charge on any atom is 0.251 e. The molecule has 0 saturated heterocycles. The number of benzene rings is 1. The minimum atomic E-state index is -1.21. The van der Waals surface area contributed by atoms with Crippen LogP contribution in [0.5, 0.6) is 0 Å². The predicted octanol–water partition coefficient (Wildman–Crippen LogP) is 2.66. The van der Waals surface area contributed by atoms with Crippen LogP contribution in [0.3, 0.4) is 0 Å². The number of hydrogen-bond donors (Lipinski definition) is 2. The van der Waals surface area contributed by atoms with Gasteiger partial charge in [0, 0.05) is 5.56 Å². The van der Waals surface area contributed by atoms with Crippen molar-refractivity contribution in [2.45, 2.75) is 12.5 Å². The lowest BCUT2D eigenvalue weighted by molar-refractivity contribution is 0.0530. The molecule has 1 amide bonds. The monoisotopic (exact) mass is 297 g/mol. The highest BCUT2D eigenvalue weighted by atomic mass is 32.1. The number of halogens is 2. The molecule has 0 saturated carbocycles. The van der Waals surface area contributed by atoms with Gasteiger partial charge in [-0.05, 0) is 47.5 Å². The van der Waals surface area contributed by atoms with E-state index in [9.17, 15) is 18.7 Å². The molecule has 0 fully saturated rings. The highest BCUT2D eigenvalue weighted by Gasteiger charge is 2.24. The van der Waals surface area contributed by atoms with Crippen molar-refractivity contribution >= 4 is 17.2 Å². The van der Waals surface area contributed by atoms with Crippen molar-refractivity contribution in [1.82, 2.24) is 5.32 Å². The molecule has 0 spiro atoms. The first kappa shape index (κ1) is 14.6. The number of aliphatic hydroxyl groups is 1. The molecule has 0 aliphatic rings. The smallest absolute Gasteiger partial charge is 0.251 e. The number of nitrogens with one attached hydrogen (secondary N) is 1. The summed E-state index contributed by atoms with van der Waals surface area (Å²) in [6, 6.07) is 4.66. The Labute approximate surface area is 118 Å². The Hall–Kier alpha value is -1.79. The summed E-state index contributed by atoms with van der Waals surface area (Å²) in [6.07, 6.45) is 0. The lowest BCUT2D eigenvalue weighted by atomic mass is 9.99. The van der Waals surface area contributed by atoms with Crippen LogP contribution in [-0.2, 0) is 5.60 Å². The van der Waals surface area contributed by atoms with Crippen molar-refractivity contribution in [3.63, 3.8) is 0 Å². The predicted molar refractivity (Wildman–Crippen MR) is 72.6 cm³/mol. The van der Waals surface area contributed by atoms with Crippen LogP contribution in [0.15, 0.2) is 35.0 Å². The van der Waals surface area contributed by atoms with E-state index >= 15 is 0 Å². The minimum Gasteiger partial charge on any atom is -0.384 e. The second kappa shape index (κ2) is 5.68. The maximum absolute atomic E-state index is 13.0. The van der Waals surface area contributed by atoms with Gasteiger partial charge in [-0.25, -0.2) is 8.78 Å². The largest absolute Gasteiger partial charge is 0.384 e. The van der Waals surface area contributed by atoms with E-state index in [-0.39, 0.29) is 12.1 Å². The summed E-state index contributed by atoms with van der Waals surface area (Å²) in [6.45, 7) is 1.54. The summed E-state index contributed by atoms with van der Waals surface area (Å²) in [7, 11) is 0. The van der Waals surface area contributed by atoms with E-state index in [1.165, 1.54) is 17.4 Å². The molecule has 20 heavy (non-hydrogen) atoms. The minimum absolute atomic E-state index is 0.00465. The van der Waals surface area contributed by atoms with Crippen LogP contribution in [0, 0.1) is 11.6 Å². The molecule has 0 aliphatic heterocycles. The maximum atomic E-state index is 13.0. The molecule has 0 bridgehead atoms. The molecule has 1 heterocycles.